The zero-order valence-electron chi connectivity index (χ0n) is 20.9. The lowest BCUT2D eigenvalue weighted by molar-refractivity contribution is 0.0929. The molecule has 3 heteroatoms. The minimum atomic E-state index is -0.211. The van der Waals surface area contributed by atoms with Crippen LogP contribution in [-0.2, 0) is 12.8 Å². The van der Waals surface area contributed by atoms with Crippen LogP contribution in [0.4, 0.5) is 0 Å². The Kier molecular flexibility index (Phi) is 8.07. The van der Waals surface area contributed by atoms with Crippen LogP contribution < -0.4 is 0 Å². The van der Waals surface area contributed by atoms with Gasteiger partial charge in [-0.1, -0.05) is 103 Å². The number of benzene rings is 2. The van der Waals surface area contributed by atoms with Crippen LogP contribution in [0.3, 0.4) is 0 Å². The monoisotopic (exact) mass is 443 g/mol. The van der Waals surface area contributed by atoms with Crippen LogP contribution in [0.25, 0.3) is 11.1 Å². The van der Waals surface area contributed by atoms with Crippen LogP contribution in [0.5, 0.6) is 0 Å². The third kappa shape index (κ3) is 5.35. The maximum Gasteiger partial charge on any atom is 0.209 e. The predicted molar refractivity (Wildman–Crippen MR) is 137 cm³/mol. The topological polar surface area (TPSA) is 49.9 Å². The molecule has 0 aliphatic heterocycles. The van der Waals surface area contributed by atoms with Crippen molar-refractivity contribution >= 4 is 11.6 Å². The molecular weight excluding hydrogens is 406 g/mol. The van der Waals surface area contributed by atoms with Crippen molar-refractivity contribution in [2.24, 2.45) is 5.92 Å². The molecule has 0 unspecified atom stereocenters. The summed E-state index contributed by atoms with van der Waals surface area (Å²) in [5, 5.41) is 0. The van der Waals surface area contributed by atoms with Crippen molar-refractivity contribution in [3.63, 3.8) is 0 Å². The largest absolute Gasteiger partial charge is 0.354 e. The zero-order chi connectivity index (χ0) is 24.1. The van der Waals surface area contributed by atoms with Crippen LogP contribution in [0.1, 0.15) is 104 Å². The lowest BCUT2D eigenvalue weighted by atomic mass is 9.88. The van der Waals surface area contributed by atoms with Crippen molar-refractivity contribution in [1.29, 1.82) is 0 Å². The lowest BCUT2D eigenvalue weighted by Crippen LogP contribution is -2.14. The normalized spacial score (nSPS) is 11.4. The number of aromatic amines is 1. The fraction of sp³-hybridized carbons (Fsp3) is 0.400. The highest BCUT2D eigenvalue weighted by atomic mass is 16.1. The standard InChI is InChI=1S/C30H37NO2/c1-7-9-21-11-15-23(16-12-21)25-26(29(32)20(5)6)28(31-27(25)19(3)4)30(33)24-17-13-22(10-8-2)14-18-24/h11-20,31H,7-10H2,1-6H3. The number of rotatable bonds is 10. The van der Waals surface area contributed by atoms with E-state index in [2.05, 4.69) is 56.9 Å². The van der Waals surface area contributed by atoms with E-state index in [1.807, 2.05) is 38.1 Å². The van der Waals surface area contributed by atoms with Gasteiger partial charge in [-0.05, 0) is 35.4 Å². The highest BCUT2D eigenvalue weighted by molar-refractivity contribution is 6.18. The number of carbonyl (C=O) groups is 2. The van der Waals surface area contributed by atoms with E-state index in [-0.39, 0.29) is 23.4 Å². The molecule has 33 heavy (non-hydrogen) atoms. The molecule has 1 heterocycles. The molecule has 0 atom stereocenters. The summed E-state index contributed by atoms with van der Waals surface area (Å²) < 4.78 is 0. The van der Waals surface area contributed by atoms with Gasteiger partial charge in [-0.2, -0.15) is 0 Å². The van der Waals surface area contributed by atoms with Gasteiger partial charge in [0.25, 0.3) is 0 Å². The molecule has 0 fully saturated rings. The second-order valence-electron chi connectivity index (χ2n) is 9.56. The molecule has 3 aromatic rings. The number of aromatic nitrogens is 1. The first-order valence-electron chi connectivity index (χ1n) is 12.3. The molecule has 0 saturated carbocycles. The maximum absolute atomic E-state index is 13.6. The summed E-state index contributed by atoms with van der Waals surface area (Å²) in [6.07, 6.45) is 4.17. The molecule has 0 spiro atoms. The van der Waals surface area contributed by atoms with Gasteiger partial charge < -0.3 is 4.98 Å². The fourth-order valence-corrected chi connectivity index (χ4v) is 4.34. The first-order valence-corrected chi connectivity index (χ1v) is 12.3. The summed E-state index contributed by atoms with van der Waals surface area (Å²) >= 11 is 0. The first-order chi connectivity index (χ1) is 15.8. The average molecular weight is 444 g/mol. The number of ketones is 2. The number of hydrogen-bond donors (Lipinski definition) is 1. The Bertz CT molecular complexity index is 1100. The Hall–Kier alpha value is -2.94. The summed E-state index contributed by atoms with van der Waals surface area (Å²) in [6.45, 7) is 12.3. The highest BCUT2D eigenvalue weighted by Gasteiger charge is 2.30. The number of carbonyl (C=O) groups excluding carboxylic acids is 2. The number of hydrogen-bond acceptors (Lipinski definition) is 2. The van der Waals surface area contributed by atoms with Gasteiger partial charge in [0.2, 0.25) is 5.78 Å². The van der Waals surface area contributed by atoms with Gasteiger partial charge in [-0.3, -0.25) is 9.59 Å². The van der Waals surface area contributed by atoms with Gasteiger partial charge in [0.1, 0.15) is 0 Å². The van der Waals surface area contributed by atoms with Gasteiger partial charge in [0, 0.05) is 22.7 Å². The molecule has 3 nitrogen and oxygen atoms in total. The molecule has 0 aliphatic carbocycles. The zero-order valence-corrected chi connectivity index (χ0v) is 20.9. The van der Waals surface area contributed by atoms with E-state index in [9.17, 15) is 9.59 Å². The Labute approximate surface area is 198 Å². The summed E-state index contributed by atoms with van der Waals surface area (Å²) in [5.41, 5.74) is 6.83. The summed E-state index contributed by atoms with van der Waals surface area (Å²) in [5.74, 6) is -0.200. The SMILES string of the molecule is CCCc1ccc(C(=O)c2[nH]c(C(C)C)c(-c3ccc(CCC)cc3)c2C(=O)C(C)C)cc1. The smallest absolute Gasteiger partial charge is 0.209 e. The van der Waals surface area contributed by atoms with E-state index in [1.165, 1.54) is 11.1 Å². The third-order valence-electron chi connectivity index (χ3n) is 6.14. The Balaban J connectivity index is 2.18. The van der Waals surface area contributed by atoms with Crippen molar-refractivity contribution in [3.8, 4) is 11.1 Å². The van der Waals surface area contributed by atoms with Gasteiger partial charge in [0.15, 0.2) is 5.78 Å². The van der Waals surface area contributed by atoms with Crippen molar-refractivity contribution < 1.29 is 9.59 Å². The Morgan fingerprint density at radius 2 is 1.30 bits per heavy atom. The fourth-order valence-electron chi connectivity index (χ4n) is 4.34. The molecule has 174 valence electrons. The van der Waals surface area contributed by atoms with Crippen LogP contribution in [-0.4, -0.2) is 16.6 Å². The van der Waals surface area contributed by atoms with E-state index in [0.29, 0.717) is 16.8 Å². The van der Waals surface area contributed by atoms with Gasteiger partial charge in [0.05, 0.1) is 11.3 Å². The van der Waals surface area contributed by atoms with Gasteiger partial charge in [-0.15, -0.1) is 0 Å². The third-order valence-corrected chi connectivity index (χ3v) is 6.14. The van der Waals surface area contributed by atoms with Crippen molar-refractivity contribution in [3.05, 3.63) is 82.2 Å². The molecule has 1 aromatic heterocycles. The molecule has 0 bridgehead atoms. The van der Waals surface area contributed by atoms with Crippen LogP contribution >= 0.6 is 0 Å². The van der Waals surface area contributed by atoms with E-state index < -0.39 is 0 Å². The number of nitrogens with one attached hydrogen (secondary N) is 1. The number of H-pyrrole nitrogens is 1. The Morgan fingerprint density at radius 3 is 1.76 bits per heavy atom. The lowest BCUT2D eigenvalue weighted by Gasteiger charge is -2.12. The number of Topliss-reactive ketones (excluding diaryl/α,β-unsaturated/α-hetero) is 1. The van der Waals surface area contributed by atoms with E-state index in [4.69, 9.17) is 0 Å². The van der Waals surface area contributed by atoms with Gasteiger partial charge >= 0.3 is 0 Å². The minimum Gasteiger partial charge on any atom is -0.354 e. The summed E-state index contributed by atoms with van der Waals surface area (Å²) in [4.78, 5) is 30.5. The molecule has 0 amide bonds. The summed E-state index contributed by atoms with van der Waals surface area (Å²) in [6, 6.07) is 16.2. The van der Waals surface area contributed by atoms with Crippen LogP contribution in [0, 0.1) is 5.92 Å². The molecular formula is C30H37NO2. The average Bonchev–Trinajstić information content (AvgIpc) is 3.20. The second-order valence-corrected chi connectivity index (χ2v) is 9.56. The molecule has 0 radical (unpaired) electrons. The molecule has 1 N–H and O–H groups in total. The molecule has 2 aromatic carbocycles. The van der Waals surface area contributed by atoms with Crippen LogP contribution in [0.15, 0.2) is 48.5 Å². The van der Waals surface area contributed by atoms with Crippen molar-refractivity contribution in [2.45, 2.75) is 73.1 Å². The Morgan fingerprint density at radius 1 is 0.788 bits per heavy atom. The predicted octanol–water partition coefficient (Wildman–Crippen LogP) is 7.78. The minimum absolute atomic E-state index is 0.00302. The van der Waals surface area contributed by atoms with E-state index in [1.54, 1.807) is 0 Å². The van der Waals surface area contributed by atoms with Crippen LogP contribution in [0.2, 0.25) is 0 Å². The molecule has 0 aliphatic rings. The second kappa shape index (κ2) is 10.8. The quantitative estimate of drug-likeness (QED) is 0.325. The molecule has 3 rings (SSSR count). The molecule has 0 saturated heterocycles. The van der Waals surface area contributed by atoms with Gasteiger partial charge in [-0.25, -0.2) is 0 Å². The van der Waals surface area contributed by atoms with Crippen molar-refractivity contribution in [2.75, 3.05) is 0 Å². The first kappa shape index (κ1) is 24.7. The number of aryl methyl sites for hydroxylation is 2. The van der Waals surface area contributed by atoms with E-state index in [0.717, 1.165) is 42.5 Å². The summed E-state index contributed by atoms with van der Waals surface area (Å²) in [7, 11) is 0. The maximum atomic E-state index is 13.6. The highest BCUT2D eigenvalue weighted by Crippen LogP contribution is 2.37. The van der Waals surface area contributed by atoms with Crippen molar-refractivity contribution in [1.82, 2.24) is 4.98 Å². The van der Waals surface area contributed by atoms with E-state index >= 15 is 0 Å².